The van der Waals surface area contributed by atoms with Crippen molar-refractivity contribution >= 4 is 23.5 Å². The number of ether oxygens (including phenoxy) is 1. The number of nitrogens with one attached hydrogen (secondary N) is 1. The molecule has 0 aliphatic rings. The van der Waals surface area contributed by atoms with Crippen molar-refractivity contribution in [1.29, 1.82) is 0 Å². The third-order valence-electron chi connectivity index (χ3n) is 2.95. The quantitative estimate of drug-likeness (QED) is 0.661. The molecule has 1 aromatic carbocycles. The molecule has 1 rings (SSSR count). The minimum absolute atomic E-state index is 0.377. The van der Waals surface area contributed by atoms with E-state index in [2.05, 4.69) is 10.1 Å². The Labute approximate surface area is 124 Å². The van der Waals surface area contributed by atoms with E-state index in [0.29, 0.717) is 17.8 Å². The predicted molar refractivity (Wildman–Crippen MR) is 79.0 cm³/mol. The second-order valence-corrected chi connectivity index (χ2v) is 4.60. The first kappa shape index (κ1) is 16.7. The molecule has 6 nitrogen and oxygen atoms in total. The number of amides is 2. The van der Waals surface area contributed by atoms with Crippen LogP contribution < -0.4 is 5.32 Å². The van der Waals surface area contributed by atoms with Crippen LogP contribution in [0.3, 0.4) is 0 Å². The van der Waals surface area contributed by atoms with Gasteiger partial charge in [0.05, 0.1) is 12.7 Å². The summed E-state index contributed by atoms with van der Waals surface area (Å²) >= 11 is 0. The molecule has 0 aliphatic carbocycles. The lowest BCUT2D eigenvalue weighted by atomic mass is 10.2. The van der Waals surface area contributed by atoms with Crippen LogP contribution in [0.15, 0.2) is 24.3 Å². The molecule has 0 fully saturated rings. The van der Waals surface area contributed by atoms with Gasteiger partial charge in [-0.3, -0.25) is 9.59 Å². The van der Waals surface area contributed by atoms with Crippen molar-refractivity contribution in [3.05, 3.63) is 29.8 Å². The second kappa shape index (κ2) is 8.04. The second-order valence-electron chi connectivity index (χ2n) is 4.60. The van der Waals surface area contributed by atoms with Gasteiger partial charge in [-0.25, -0.2) is 4.79 Å². The molecular weight excluding hydrogens is 272 g/mol. The smallest absolute Gasteiger partial charge is 0.337 e. The largest absolute Gasteiger partial charge is 0.465 e. The lowest BCUT2D eigenvalue weighted by molar-refractivity contribution is -0.142. The molecule has 6 heteroatoms. The Hall–Kier alpha value is -2.37. The van der Waals surface area contributed by atoms with Gasteiger partial charge in [-0.2, -0.15) is 0 Å². The highest BCUT2D eigenvalue weighted by Crippen LogP contribution is 2.10. The maximum absolute atomic E-state index is 11.8. The van der Waals surface area contributed by atoms with Crippen molar-refractivity contribution in [3.63, 3.8) is 0 Å². The van der Waals surface area contributed by atoms with Crippen LogP contribution in [0.25, 0.3) is 0 Å². The number of unbranched alkanes of at least 4 members (excludes halogenated alkanes) is 1. The molecule has 1 aromatic rings. The number of esters is 1. The number of hydrogen-bond acceptors (Lipinski definition) is 4. The highest BCUT2D eigenvalue weighted by Gasteiger charge is 2.18. The zero-order valence-corrected chi connectivity index (χ0v) is 12.5. The van der Waals surface area contributed by atoms with E-state index in [9.17, 15) is 14.4 Å². The van der Waals surface area contributed by atoms with Crippen LogP contribution in [0, 0.1) is 0 Å². The van der Waals surface area contributed by atoms with Crippen molar-refractivity contribution in [1.82, 2.24) is 4.90 Å². The van der Waals surface area contributed by atoms with Gasteiger partial charge in [0.15, 0.2) is 0 Å². The Bertz CT molecular complexity index is 511. The standard InChI is InChI=1S/C15H20N2O4/c1-4-5-10-17(2)14(19)13(18)16-12-8-6-11(7-9-12)15(20)21-3/h6-9H,4-5,10H2,1-3H3,(H,16,18). The summed E-state index contributed by atoms with van der Waals surface area (Å²) in [5, 5.41) is 2.50. The fraction of sp³-hybridized carbons (Fsp3) is 0.400. The van der Waals surface area contributed by atoms with E-state index in [1.807, 2.05) is 6.92 Å². The van der Waals surface area contributed by atoms with Crippen LogP contribution >= 0.6 is 0 Å². The molecular formula is C15H20N2O4. The van der Waals surface area contributed by atoms with Crippen molar-refractivity contribution in [3.8, 4) is 0 Å². The number of rotatable bonds is 5. The van der Waals surface area contributed by atoms with E-state index in [1.54, 1.807) is 19.2 Å². The normalized spacial score (nSPS) is 9.86. The maximum Gasteiger partial charge on any atom is 0.337 e. The van der Waals surface area contributed by atoms with E-state index >= 15 is 0 Å². The number of anilines is 1. The van der Waals surface area contributed by atoms with Gasteiger partial charge in [-0.05, 0) is 30.7 Å². The van der Waals surface area contributed by atoms with Crippen LogP contribution in [-0.4, -0.2) is 43.4 Å². The first-order chi connectivity index (χ1) is 9.99. The molecule has 1 N–H and O–H groups in total. The summed E-state index contributed by atoms with van der Waals surface area (Å²) in [4.78, 5) is 36.3. The number of likely N-dealkylation sites (N-methyl/N-ethyl adjacent to an activating group) is 1. The van der Waals surface area contributed by atoms with Gasteiger partial charge in [0.25, 0.3) is 0 Å². The van der Waals surface area contributed by atoms with Gasteiger partial charge in [0.1, 0.15) is 0 Å². The van der Waals surface area contributed by atoms with E-state index in [1.165, 1.54) is 24.1 Å². The first-order valence-corrected chi connectivity index (χ1v) is 6.74. The average molecular weight is 292 g/mol. The monoisotopic (exact) mass is 292 g/mol. The van der Waals surface area contributed by atoms with Crippen molar-refractivity contribution in [2.24, 2.45) is 0 Å². The summed E-state index contributed by atoms with van der Waals surface area (Å²) in [6.45, 7) is 2.56. The van der Waals surface area contributed by atoms with Crippen LogP contribution in [0.2, 0.25) is 0 Å². The van der Waals surface area contributed by atoms with Crippen LogP contribution in [0.4, 0.5) is 5.69 Å². The fourth-order valence-corrected chi connectivity index (χ4v) is 1.66. The molecule has 114 valence electrons. The predicted octanol–water partition coefficient (Wildman–Crippen LogP) is 1.67. The maximum atomic E-state index is 11.8. The van der Waals surface area contributed by atoms with Gasteiger partial charge in [-0.15, -0.1) is 0 Å². The Morgan fingerprint density at radius 1 is 1.19 bits per heavy atom. The Kier molecular flexibility index (Phi) is 6.39. The Morgan fingerprint density at radius 2 is 1.81 bits per heavy atom. The Morgan fingerprint density at radius 3 is 2.33 bits per heavy atom. The summed E-state index contributed by atoms with van der Waals surface area (Å²) < 4.78 is 4.58. The summed E-state index contributed by atoms with van der Waals surface area (Å²) in [5.74, 6) is -1.73. The fourth-order valence-electron chi connectivity index (χ4n) is 1.66. The number of carbonyl (C=O) groups is 3. The average Bonchev–Trinajstić information content (AvgIpc) is 2.51. The van der Waals surface area contributed by atoms with Crippen LogP contribution in [0.5, 0.6) is 0 Å². The third-order valence-corrected chi connectivity index (χ3v) is 2.95. The number of carbonyl (C=O) groups excluding carboxylic acids is 3. The summed E-state index contributed by atoms with van der Waals surface area (Å²) in [7, 11) is 2.89. The molecule has 0 spiro atoms. The number of nitrogens with zero attached hydrogens (tertiary/aromatic N) is 1. The third kappa shape index (κ3) is 4.91. The Balaban J connectivity index is 2.62. The molecule has 2 amide bonds. The molecule has 0 radical (unpaired) electrons. The molecule has 0 heterocycles. The molecule has 0 saturated carbocycles. The van der Waals surface area contributed by atoms with Crippen molar-refractivity contribution in [2.45, 2.75) is 19.8 Å². The van der Waals surface area contributed by atoms with Gasteiger partial charge < -0.3 is 15.0 Å². The highest BCUT2D eigenvalue weighted by molar-refractivity contribution is 6.39. The summed E-state index contributed by atoms with van der Waals surface area (Å²) in [5.41, 5.74) is 0.826. The van der Waals surface area contributed by atoms with E-state index in [4.69, 9.17) is 0 Å². The minimum atomic E-state index is -0.695. The van der Waals surface area contributed by atoms with Crippen LogP contribution in [-0.2, 0) is 14.3 Å². The van der Waals surface area contributed by atoms with Gasteiger partial charge in [-0.1, -0.05) is 13.3 Å². The number of hydrogen-bond donors (Lipinski definition) is 1. The zero-order chi connectivity index (χ0) is 15.8. The lowest BCUT2D eigenvalue weighted by Gasteiger charge is -2.16. The van der Waals surface area contributed by atoms with E-state index in [0.717, 1.165) is 12.8 Å². The van der Waals surface area contributed by atoms with Crippen LogP contribution in [0.1, 0.15) is 30.1 Å². The van der Waals surface area contributed by atoms with Gasteiger partial charge in [0.2, 0.25) is 0 Å². The molecule has 0 aliphatic heterocycles. The molecule has 0 unspecified atom stereocenters. The van der Waals surface area contributed by atoms with Gasteiger partial charge in [0, 0.05) is 19.3 Å². The number of methoxy groups -OCH3 is 1. The molecule has 21 heavy (non-hydrogen) atoms. The van der Waals surface area contributed by atoms with Crippen molar-refractivity contribution in [2.75, 3.05) is 26.0 Å². The topological polar surface area (TPSA) is 75.7 Å². The summed E-state index contributed by atoms with van der Waals surface area (Å²) in [6.07, 6.45) is 1.80. The molecule has 0 bridgehead atoms. The highest BCUT2D eigenvalue weighted by atomic mass is 16.5. The lowest BCUT2D eigenvalue weighted by Crippen LogP contribution is -2.37. The van der Waals surface area contributed by atoms with E-state index < -0.39 is 17.8 Å². The van der Waals surface area contributed by atoms with E-state index in [-0.39, 0.29) is 0 Å². The first-order valence-electron chi connectivity index (χ1n) is 6.74. The molecule has 0 atom stereocenters. The number of benzene rings is 1. The zero-order valence-electron chi connectivity index (χ0n) is 12.5. The van der Waals surface area contributed by atoms with Gasteiger partial charge >= 0.3 is 17.8 Å². The minimum Gasteiger partial charge on any atom is -0.465 e. The molecule has 0 aromatic heterocycles. The van der Waals surface area contributed by atoms with Crippen molar-refractivity contribution < 1.29 is 19.1 Å². The SMILES string of the molecule is CCCCN(C)C(=O)C(=O)Nc1ccc(C(=O)OC)cc1. The molecule has 0 saturated heterocycles. The summed E-state index contributed by atoms with van der Waals surface area (Å²) in [6, 6.07) is 6.13.